The maximum Gasteiger partial charge on any atom is 0.139 e. The number of hydrogen-bond acceptors (Lipinski definition) is 2. The highest BCUT2D eigenvalue weighted by molar-refractivity contribution is 5.82. The fourth-order valence-corrected chi connectivity index (χ4v) is 1.03. The lowest BCUT2D eigenvalue weighted by molar-refractivity contribution is -0.125. The monoisotopic (exact) mass is 153 g/mol. The molecule has 2 heteroatoms. The topological polar surface area (TPSA) is 40.9 Å². The van der Waals surface area contributed by atoms with Crippen molar-refractivity contribution in [3.63, 3.8) is 0 Å². The molecule has 0 rings (SSSR count). The molecule has 0 saturated carbocycles. The number of carbonyl (C=O) groups is 1. The molecule has 62 valence electrons. The normalized spacial score (nSPS) is 12.6. The van der Waals surface area contributed by atoms with E-state index in [0.717, 1.165) is 6.42 Å². The van der Waals surface area contributed by atoms with Crippen LogP contribution in [0.1, 0.15) is 33.6 Å². The molecule has 0 aliphatic carbocycles. The zero-order chi connectivity index (χ0) is 8.85. The summed E-state index contributed by atoms with van der Waals surface area (Å²) < 4.78 is 0. The third-order valence-corrected chi connectivity index (χ3v) is 1.80. The second-order valence-corrected chi connectivity index (χ2v) is 3.02. The largest absolute Gasteiger partial charge is 0.299 e. The number of Topliss-reactive ketones (excluding diaryl/α,β-unsaturated/α-hetero) is 1. The number of hydrogen-bond donors (Lipinski definition) is 0. The van der Waals surface area contributed by atoms with Crippen molar-refractivity contribution >= 4 is 5.78 Å². The van der Waals surface area contributed by atoms with Crippen molar-refractivity contribution in [2.24, 2.45) is 11.8 Å². The average Bonchev–Trinajstić information content (AvgIpc) is 1.98. The van der Waals surface area contributed by atoms with Gasteiger partial charge < -0.3 is 0 Å². The first-order valence-corrected chi connectivity index (χ1v) is 4.04. The molecule has 0 heterocycles. The van der Waals surface area contributed by atoms with E-state index in [0.29, 0.717) is 6.42 Å². The maximum absolute atomic E-state index is 11.3. The van der Waals surface area contributed by atoms with Crippen LogP contribution >= 0.6 is 0 Å². The molecule has 0 radical (unpaired) electrons. The molecule has 1 unspecified atom stereocenters. The minimum absolute atomic E-state index is 0.0417. The Labute approximate surface area is 68.2 Å². The molecular formula is C9H15NO. The molecule has 0 aromatic heterocycles. The van der Waals surface area contributed by atoms with Crippen LogP contribution in [0.3, 0.4) is 0 Å². The van der Waals surface area contributed by atoms with E-state index in [2.05, 4.69) is 0 Å². The van der Waals surface area contributed by atoms with E-state index in [1.807, 2.05) is 26.8 Å². The first-order valence-electron chi connectivity index (χ1n) is 4.04. The van der Waals surface area contributed by atoms with E-state index in [1.165, 1.54) is 0 Å². The van der Waals surface area contributed by atoms with E-state index in [4.69, 9.17) is 5.26 Å². The molecule has 0 aromatic carbocycles. The predicted molar refractivity (Wildman–Crippen MR) is 43.9 cm³/mol. The van der Waals surface area contributed by atoms with Crippen molar-refractivity contribution in [1.29, 1.82) is 5.26 Å². The Hall–Kier alpha value is -0.840. The summed E-state index contributed by atoms with van der Waals surface area (Å²) in [6, 6.07) is 2.03. The highest BCUT2D eigenvalue weighted by atomic mass is 16.1. The molecule has 0 amide bonds. The maximum atomic E-state index is 11.3. The van der Waals surface area contributed by atoms with E-state index in [-0.39, 0.29) is 17.6 Å². The van der Waals surface area contributed by atoms with Crippen molar-refractivity contribution in [1.82, 2.24) is 0 Å². The number of rotatable bonds is 4. The lowest BCUT2D eigenvalue weighted by Crippen LogP contribution is -2.18. The Bertz CT molecular complexity index is 167. The highest BCUT2D eigenvalue weighted by Gasteiger charge is 2.18. The van der Waals surface area contributed by atoms with E-state index in [1.54, 1.807) is 0 Å². The van der Waals surface area contributed by atoms with Crippen LogP contribution in [0.2, 0.25) is 0 Å². The summed E-state index contributed by atoms with van der Waals surface area (Å²) in [5.74, 6) is 0.238. The first-order chi connectivity index (χ1) is 5.13. The van der Waals surface area contributed by atoms with Crippen LogP contribution in [0, 0.1) is 23.2 Å². The number of nitrogens with zero attached hydrogens (tertiary/aromatic N) is 1. The van der Waals surface area contributed by atoms with Gasteiger partial charge in [-0.15, -0.1) is 0 Å². The van der Waals surface area contributed by atoms with Crippen LogP contribution in [0.15, 0.2) is 0 Å². The van der Waals surface area contributed by atoms with Crippen molar-refractivity contribution in [2.75, 3.05) is 0 Å². The number of carbonyl (C=O) groups excluding carboxylic acids is 1. The standard InChI is InChI=1S/C9H15NO/c1-4-8(5-6-10)9(11)7(2)3/h7-8H,4-5H2,1-3H3. The van der Waals surface area contributed by atoms with E-state index in [9.17, 15) is 4.79 Å². The Morgan fingerprint density at radius 2 is 2.09 bits per heavy atom. The van der Waals surface area contributed by atoms with Gasteiger partial charge in [-0.2, -0.15) is 5.26 Å². The highest BCUT2D eigenvalue weighted by Crippen LogP contribution is 2.13. The second kappa shape index (κ2) is 4.90. The summed E-state index contributed by atoms with van der Waals surface area (Å²) >= 11 is 0. The van der Waals surface area contributed by atoms with Gasteiger partial charge in [0.25, 0.3) is 0 Å². The first kappa shape index (κ1) is 10.2. The van der Waals surface area contributed by atoms with Crippen LogP contribution in [-0.2, 0) is 4.79 Å². The molecule has 1 atom stereocenters. The SMILES string of the molecule is CCC(CC#N)C(=O)C(C)C. The quantitative estimate of drug-likeness (QED) is 0.621. The Morgan fingerprint density at radius 1 is 1.55 bits per heavy atom. The Balaban J connectivity index is 4.05. The summed E-state index contributed by atoms with van der Waals surface area (Å²) in [6.07, 6.45) is 1.15. The molecule has 11 heavy (non-hydrogen) atoms. The summed E-state index contributed by atoms with van der Waals surface area (Å²) in [5.41, 5.74) is 0. The zero-order valence-corrected chi connectivity index (χ0v) is 7.42. The zero-order valence-electron chi connectivity index (χ0n) is 7.42. The molecule has 0 saturated heterocycles. The van der Waals surface area contributed by atoms with E-state index >= 15 is 0 Å². The molecule has 0 aliphatic rings. The van der Waals surface area contributed by atoms with Crippen LogP contribution in [0.25, 0.3) is 0 Å². The number of nitriles is 1. The van der Waals surface area contributed by atoms with Crippen LogP contribution in [-0.4, -0.2) is 5.78 Å². The molecule has 0 fully saturated rings. The number of ketones is 1. The lowest BCUT2D eigenvalue weighted by atomic mass is 9.91. The van der Waals surface area contributed by atoms with Gasteiger partial charge >= 0.3 is 0 Å². The van der Waals surface area contributed by atoms with Crippen molar-refractivity contribution < 1.29 is 4.79 Å². The lowest BCUT2D eigenvalue weighted by Gasteiger charge is -2.11. The third-order valence-electron chi connectivity index (χ3n) is 1.80. The minimum atomic E-state index is -0.0417. The minimum Gasteiger partial charge on any atom is -0.299 e. The smallest absolute Gasteiger partial charge is 0.139 e. The fourth-order valence-electron chi connectivity index (χ4n) is 1.03. The van der Waals surface area contributed by atoms with Gasteiger partial charge in [-0.1, -0.05) is 20.8 Å². The van der Waals surface area contributed by atoms with Crippen molar-refractivity contribution in [3.05, 3.63) is 0 Å². The van der Waals surface area contributed by atoms with Gasteiger partial charge in [0.05, 0.1) is 6.07 Å². The molecule has 0 aliphatic heterocycles. The van der Waals surface area contributed by atoms with Crippen LogP contribution in [0.5, 0.6) is 0 Å². The summed E-state index contributed by atoms with van der Waals surface area (Å²) in [7, 11) is 0. The van der Waals surface area contributed by atoms with Gasteiger partial charge in [0.2, 0.25) is 0 Å². The van der Waals surface area contributed by atoms with Gasteiger partial charge in [0, 0.05) is 18.3 Å². The van der Waals surface area contributed by atoms with E-state index < -0.39 is 0 Å². The second-order valence-electron chi connectivity index (χ2n) is 3.02. The van der Waals surface area contributed by atoms with Crippen LogP contribution < -0.4 is 0 Å². The fraction of sp³-hybridized carbons (Fsp3) is 0.778. The summed E-state index contributed by atoms with van der Waals surface area (Å²) in [5, 5.41) is 8.40. The molecule has 0 spiro atoms. The summed E-state index contributed by atoms with van der Waals surface area (Å²) in [6.45, 7) is 5.70. The third kappa shape index (κ3) is 3.18. The van der Waals surface area contributed by atoms with Gasteiger partial charge in [-0.3, -0.25) is 4.79 Å². The molecule has 2 nitrogen and oxygen atoms in total. The Kier molecular flexibility index (Phi) is 4.52. The summed E-state index contributed by atoms with van der Waals surface area (Å²) in [4.78, 5) is 11.3. The van der Waals surface area contributed by atoms with Gasteiger partial charge in [0.15, 0.2) is 0 Å². The van der Waals surface area contributed by atoms with Gasteiger partial charge in [0.1, 0.15) is 5.78 Å². The molecular weight excluding hydrogens is 138 g/mol. The molecule has 0 bridgehead atoms. The van der Waals surface area contributed by atoms with Gasteiger partial charge in [-0.05, 0) is 6.42 Å². The molecule has 0 aromatic rings. The predicted octanol–water partition coefficient (Wildman–Crippen LogP) is 2.15. The van der Waals surface area contributed by atoms with Crippen LogP contribution in [0.4, 0.5) is 0 Å². The average molecular weight is 153 g/mol. The van der Waals surface area contributed by atoms with Crippen molar-refractivity contribution in [3.8, 4) is 6.07 Å². The van der Waals surface area contributed by atoms with Crippen molar-refractivity contribution in [2.45, 2.75) is 33.6 Å². The van der Waals surface area contributed by atoms with Gasteiger partial charge in [-0.25, -0.2) is 0 Å². The Morgan fingerprint density at radius 3 is 2.36 bits per heavy atom. The molecule has 0 N–H and O–H groups in total.